The molecule has 0 saturated heterocycles. The number of benzene rings is 9. The van der Waals surface area contributed by atoms with E-state index >= 15 is 0 Å². The fourth-order valence-electron chi connectivity index (χ4n) is 7.33. The first kappa shape index (κ1) is 26.4. The van der Waals surface area contributed by atoms with Crippen molar-refractivity contribution >= 4 is 43.1 Å². The Hall–Kier alpha value is -5.98. The third-order valence-electron chi connectivity index (χ3n) is 9.45. The van der Waals surface area contributed by atoms with Crippen LogP contribution in [0.1, 0.15) is 0 Å². The zero-order chi connectivity index (χ0) is 30.5. The topological polar surface area (TPSA) is 0 Å². The van der Waals surface area contributed by atoms with Crippen LogP contribution in [0.15, 0.2) is 182 Å². The highest BCUT2D eigenvalue weighted by Gasteiger charge is 2.18. The number of hydrogen-bond acceptors (Lipinski definition) is 0. The van der Waals surface area contributed by atoms with Crippen LogP contribution in [0.25, 0.3) is 87.6 Å². The molecular formula is C46H30. The van der Waals surface area contributed by atoms with E-state index in [0.717, 1.165) is 0 Å². The summed E-state index contributed by atoms with van der Waals surface area (Å²) in [4.78, 5) is 0. The number of rotatable bonds is 4. The predicted molar refractivity (Wildman–Crippen MR) is 198 cm³/mol. The van der Waals surface area contributed by atoms with Gasteiger partial charge in [-0.15, -0.1) is 0 Å². The first-order chi connectivity index (χ1) is 22.8. The largest absolute Gasteiger partial charge is 0.0622 e. The molecule has 0 bridgehead atoms. The van der Waals surface area contributed by atoms with Gasteiger partial charge in [-0.05, 0) is 99.7 Å². The summed E-state index contributed by atoms with van der Waals surface area (Å²) in [7, 11) is 0. The Bertz CT molecular complexity index is 2540. The second kappa shape index (κ2) is 10.9. The van der Waals surface area contributed by atoms with Gasteiger partial charge in [0.05, 0.1) is 0 Å². The predicted octanol–water partition coefficient (Wildman–Crippen LogP) is 13.0. The van der Waals surface area contributed by atoms with E-state index in [0.29, 0.717) is 0 Å². The van der Waals surface area contributed by atoms with Gasteiger partial charge in [-0.2, -0.15) is 0 Å². The Morgan fingerprint density at radius 1 is 0.217 bits per heavy atom. The second-order valence-corrected chi connectivity index (χ2v) is 12.1. The summed E-state index contributed by atoms with van der Waals surface area (Å²) >= 11 is 0. The lowest BCUT2D eigenvalue weighted by Gasteiger charge is -2.19. The zero-order valence-corrected chi connectivity index (χ0v) is 25.3. The van der Waals surface area contributed by atoms with Crippen molar-refractivity contribution in [3.8, 4) is 44.5 Å². The van der Waals surface area contributed by atoms with Crippen molar-refractivity contribution in [3.05, 3.63) is 182 Å². The third kappa shape index (κ3) is 4.30. The van der Waals surface area contributed by atoms with Crippen LogP contribution in [0.4, 0.5) is 0 Å². The number of hydrogen-bond donors (Lipinski definition) is 0. The van der Waals surface area contributed by atoms with Crippen LogP contribution >= 0.6 is 0 Å². The summed E-state index contributed by atoms with van der Waals surface area (Å²) in [5.74, 6) is 0. The van der Waals surface area contributed by atoms with Crippen LogP contribution < -0.4 is 0 Å². The van der Waals surface area contributed by atoms with Gasteiger partial charge in [-0.3, -0.25) is 0 Å². The summed E-state index contributed by atoms with van der Waals surface area (Å²) in [6.07, 6.45) is 0. The van der Waals surface area contributed by atoms with Gasteiger partial charge in [-0.1, -0.05) is 170 Å². The molecule has 0 aromatic heterocycles. The molecule has 0 unspecified atom stereocenters. The molecule has 0 heteroatoms. The Kier molecular flexibility index (Phi) is 6.25. The molecule has 0 fully saturated rings. The van der Waals surface area contributed by atoms with Crippen molar-refractivity contribution in [2.24, 2.45) is 0 Å². The van der Waals surface area contributed by atoms with Crippen LogP contribution in [0.2, 0.25) is 0 Å². The Morgan fingerprint density at radius 3 is 1.35 bits per heavy atom. The van der Waals surface area contributed by atoms with Gasteiger partial charge in [0.2, 0.25) is 0 Å². The fraction of sp³-hybridized carbons (Fsp3) is 0. The van der Waals surface area contributed by atoms with Crippen molar-refractivity contribution < 1.29 is 0 Å². The molecule has 0 amide bonds. The average Bonchev–Trinajstić information content (AvgIpc) is 3.14. The van der Waals surface area contributed by atoms with Crippen molar-refractivity contribution in [1.82, 2.24) is 0 Å². The van der Waals surface area contributed by atoms with Gasteiger partial charge in [-0.25, -0.2) is 0 Å². The molecular weight excluding hydrogens is 553 g/mol. The highest BCUT2D eigenvalue weighted by atomic mass is 14.2. The molecule has 0 atom stereocenters. The molecule has 0 heterocycles. The maximum absolute atomic E-state index is 2.44. The van der Waals surface area contributed by atoms with Crippen LogP contribution in [-0.4, -0.2) is 0 Å². The normalized spacial score (nSPS) is 11.5. The Balaban J connectivity index is 1.37. The summed E-state index contributed by atoms with van der Waals surface area (Å²) in [5.41, 5.74) is 9.96. The van der Waals surface area contributed by atoms with Gasteiger partial charge in [0.15, 0.2) is 0 Å². The minimum Gasteiger partial charge on any atom is -0.0622 e. The number of fused-ring (bicyclic) bond motifs is 5. The second-order valence-electron chi connectivity index (χ2n) is 12.1. The smallest absolute Gasteiger partial charge is 0.00261 e. The van der Waals surface area contributed by atoms with Gasteiger partial charge in [0.25, 0.3) is 0 Å². The summed E-state index contributed by atoms with van der Waals surface area (Å²) in [5, 5.41) is 10.2. The molecule has 0 nitrogen and oxygen atoms in total. The Labute approximate surface area is 268 Å². The maximum Gasteiger partial charge on any atom is -0.00261 e. The minimum absolute atomic E-state index is 1.22. The zero-order valence-electron chi connectivity index (χ0n) is 25.3. The standard InChI is InChI=1S/C46H30/c1-3-13-31(14-4-1)32-23-25-34(26-24-32)46-41-22-12-11-21-40(41)45(33-15-5-2-6-16-33)42-28-27-36(30-44(42)46)43-29-35-17-7-8-18-37(35)38-19-9-10-20-39(38)43/h1-30H. The SMILES string of the molecule is c1ccc(-c2ccc(-c3c4ccccc4c(-c4ccccc4)c4ccc(-c5cc6ccccc6c6ccccc56)cc34)cc2)cc1. The quantitative estimate of drug-likeness (QED) is 0.143. The van der Waals surface area contributed by atoms with Crippen molar-refractivity contribution in [1.29, 1.82) is 0 Å². The van der Waals surface area contributed by atoms with Gasteiger partial charge >= 0.3 is 0 Å². The van der Waals surface area contributed by atoms with E-state index < -0.39 is 0 Å². The fourth-order valence-corrected chi connectivity index (χ4v) is 7.33. The van der Waals surface area contributed by atoms with E-state index in [1.807, 2.05) is 0 Å². The van der Waals surface area contributed by atoms with Gasteiger partial charge < -0.3 is 0 Å². The molecule has 9 aromatic carbocycles. The Morgan fingerprint density at radius 2 is 0.652 bits per heavy atom. The maximum atomic E-state index is 2.44. The average molecular weight is 583 g/mol. The van der Waals surface area contributed by atoms with E-state index in [4.69, 9.17) is 0 Å². The summed E-state index contributed by atoms with van der Waals surface area (Å²) in [6, 6.07) is 66.5. The highest BCUT2D eigenvalue weighted by Crippen LogP contribution is 2.46. The van der Waals surface area contributed by atoms with Crippen molar-refractivity contribution in [2.75, 3.05) is 0 Å². The summed E-state index contributed by atoms with van der Waals surface area (Å²) in [6.45, 7) is 0. The molecule has 0 radical (unpaired) electrons. The molecule has 0 aliphatic carbocycles. The van der Waals surface area contributed by atoms with Crippen molar-refractivity contribution in [2.45, 2.75) is 0 Å². The van der Waals surface area contributed by atoms with Crippen LogP contribution in [0.3, 0.4) is 0 Å². The molecule has 46 heavy (non-hydrogen) atoms. The van der Waals surface area contributed by atoms with E-state index in [-0.39, 0.29) is 0 Å². The molecule has 9 aromatic rings. The molecule has 0 spiro atoms. The lowest BCUT2D eigenvalue weighted by atomic mass is 9.84. The highest BCUT2D eigenvalue weighted by molar-refractivity contribution is 6.22. The van der Waals surface area contributed by atoms with Crippen LogP contribution in [-0.2, 0) is 0 Å². The monoisotopic (exact) mass is 582 g/mol. The van der Waals surface area contributed by atoms with E-state index in [9.17, 15) is 0 Å². The lowest BCUT2D eigenvalue weighted by molar-refractivity contribution is 1.61. The van der Waals surface area contributed by atoms with Gasteiger partial charge in [0.1, 0.15) is 0 Å². The third-order valence-corrected chi connectivity index (χ3v) is 9.45. The molecule has 0 saturated carbocycles. The van der Waals surface area contributed by atoms with Crippen LogP contribution in [0.5, 0.6) is 0 Å². The molecule has 0 N–H and O–H groups in total. The first-order valence-electron chi connectivity index (χ1n) is 15.9. The lowest BCUT2D eigenvalue weighted by Crippen LogP contribution is -1.92. The molecule has 9 rings (SSSR count). The van der Waals surface area contributed by atoms with E-state index in [1.165, 1.54) is 87.6 Å². The van der Waals surface area contributed by atoms with Gasteiger partial charge in [0, 0.05) is 0 Å². The molecule has 214 valence electrons. The van der Waals surface area contributed by atoms with E-state index in [1.54, 1.807) is 0 Å². The molecule has 0 aliphatic heterocycles. The first-order valence-corrected chi connectivity index (χ1v) is 15.9. The summed E-state index contributed by atoms with van der Waals surface area (Å²) < 4.78 is 0. The molecule has 0 aliphatic rings. The van der Waals surface area contributed by atoms with Crippen LogP contribution in [0, 0.1) is 0 Å². The minimum atomic E-state index is 1.22. The van der Waals surface area contributed by atoms with E-state index in [2.05, 4.69) is 182 Å². The van der Waals surface area contributed by atoms with Crippen molar-refractivity contribution in [3.63, 3.8) is 0 Å².